The van der Waals surface area contributed by atoms with Crippen molar-refractivity contribution in [3.63, 3.8) is 0 Å². The average Bonchev–Trinajstić information content (AvgIpc) is 2.09. The van der Waals surface area contributed by atoms with Crippen molar-refractivity contribution in [1.82, 2.24) is 9.97 Å². The highest BCUT2D eigenvalue weighted by atomic mass is 15.0. The summed E-state index contributed by atoms with van der Waals surface area (Å²) in [7, 11) is 0. The first-order chi connectivity index (χ1) is 6.84. The predicted molar refractivity (Wildman–Crippen MR) is 57.2 cm³/mol. The molecule has 0 aliphatic heterocycles. The lowest BCUT2D eigenvalue weighted by Gasteiger charge is -2.25. The van der Waals surface area contributed by atoms with E-state index in [0.29, 0.717) is 0 Å². The van der Waals surface area contributed by atoms with E-state index in [9.17, 15) is 0 Å². The normalized spacial score (nSPS) is 16.4. The van der Waals surface area contributed by atoms with Crippen molar-refractivity contribution >= 4 is 5.82 Å². The zero-order valence-corrected chi connectivity index (χ0v) is 8.66. The Hall–Kier alpha value is -1.12. The third kappa shape index (κ3) is 2.44. The van der Waals surface area contributed by atoms with Crippen LogP contribution in [0.15, 0.2) is 12.4 Å². The molecule has 1 saturated carbocycles. The molecule has 1 aromatic rings. The van der Waals surface area contributed by atoms with E-state index >= 15 is 0 Å². The largest absolute Gasteiger partial charge is 0.370 e. The van der Waals surface area contributed by atoms with Crippen molar-refractivity contribution in [3.05, 3.63) is 18.1 Å². The first kappa shape index (κ1) is 9.44. The van der Waals surface area contributed by atoms with Crippen LogP contribution < -0.4 is 5.32 Å². The van der Waals surface area contributed by atoms with Crippen molar-refractivity contribution < 1.29 is 0 Å². The standard InChI is InChI=1S/C11H17N3/c1-9-7-11(14-8-13-9)12-6-5-10-3-2-4-10/h7-8,10H,2-6H2,1H3,(H,12,13,14). The van der Waals surface area contributed by atoms with Crippen LogP contribution in [-0.2, 0) is 0 Å². The Morgan fingerprint density at radius 3 is 2.93 bits per heavy atom. The van der Waals surface area contributed by atoms with Crippen LogP contribution in [0.4, 0.5) is 5.82 Å². The van der Waals surface area contributed by atoms with Gasteiger partial charge in [0.05, 0.1) is 0 Å². The molecule has 1 heterocycles. The van der Waals surface area contributed by atoms with Gasteiger partial charge in [-0.2, -0.15) is 0 Å². The van der Waals surface area contributed by atoms with E-state index in [2.05, 4.69) is 15.3 Å². The molecule has 1 aromatic heterocycles. The minimum Gasteiger partial charge on any atom is -0.370 e. The number of aryl methyl sites for hydroxylation is 1. The molecular weight excluding hydrogens is 174 g/mol. The Bertz CT molecular complexity index is 294. The van der Waals surface area contributed by atoms with E-state index in [1.807, 2.05) is 13.0 Å². The van der Waals surface area contributed by atoms with E-state index < -0.39 is 0 Å². The molecule has 2 rings (SSSR count). The van der Waals surface area contributed by atoms with Crippen molar-refractivity contribution in [1.29, 1.82) is 0 Å². The van der Waals surface area contributed by atoms with Gasteiger partial charge in [0, 0.05) is 18.3 Å². The fraction of sp³-hybridized carbons (Fsp3) is 0.636. The third-order valence-electron chi connectivity index (χ3n) is 2.89. The summed E-state index contributed by atoms with van der Waals surface area (Å²) in [5, 5.41) is 3.33. The summed E-state index contributed by atoms with van der Waals surface area (Å²) in [6, 6.07) is 1.99. The SMILES string of the molecule is Cc1cc(NCCC2CCC2)ncn1. The lowest BCUT2D eigenvalue weighted by molar-refractivity contribution is 0.303. The number of nitrogens with zero attached hydrogens (tertiary/aromatic N) is 2. The predicted octanol–water partition coefficient (Wildman–Crippen LogP) is 2.39. The molecule has 0 unspecified atom stereocenters. The number of nitrogens with one attached hydrogen (secondary N) is 1. The molecule has 3 heteroatoms. The Morgan fingerprint density at radius 1 is 1.43 bits per heavy atom. The second-order valence-electron chi connectivity index (χ2n) is 4.06. The van der Waals surface area contributed by atoms with Gasteiger partial charge in [0.15, 0.2) is 0 Å². The second-order valence-corrected chi connectivity index (χ2v) is 4.06. The van der Waals surface area contributed by atoms with Gasteiger partial charge >= 0.3 is 0 Å². The van der Waals surface area contributed by atoms with Crippen LogP contribution in [0.1, 0.15) is 31.4 Å². The number of anilines is 1. The van der Waals surface area contributed by atoms with Gasteiger partial charge in [-0.25, -0.2) is 9.97 Å². The maximum Gasteiger partial charge on any atom is 0.129 e. The Labute approximate surface area is 85.0 Å². The summed E-state index contributed by atoms with van der Waals surface area (Å²) < 4.78 is 0. The van der Waals surface area contributed by atoms with Crippen LogP contribution in [0.5, 0.6) is 0 Å². The van der Waals surface area contributed by atoms with E-state index in [1.165, 1.54) is 25.7 Å². The summed E-state index contributed by atoms with van der Waals surface area (Å²) in [5.74, 6) is 1.92. The molecule has 0 radical (unpaired) electrons. The van der Waals surface area contributed by atoms with Gasteiger partial charge in [0.1, 0.15) is 12.1 Å². The van der Waals surface area contributed by atoms with Gasteiger partial charge in [0.25, 0.3) is 0 Å². The average molecular weight is 191 g/mol. The zero-order valence-electron chi connectivity index (χ0n) is 8.66. The number of hydrogen-bond donors (Lipinski definition) is 1. The Kier molecular flexibility index (Phi) is 2.96. The summed E-state index contributed by atoms with van der Waals surface area (Å²) >= 11 is 0. The summed E-state index contributed by atoms with van der Waals surface area (Å²) in [5.41, 5.74) is 1.02. The molecule has 0 bridgehead atoms. The lowest BCUT2D eigenvalue weighted by Crippen LogP contribution is -2.16. The highest BCUT2D eigenvalue weighted by molar-refractivity contribution is 5.34. The van der Waals surface area contributed by atoms with Gasteiger partial charge in [-0.3, -0.25) is 0 Å². The quantitative estimate of drug-likeness (QED) is 0.794. The molecule has 1 fully saturated rings. The van der Waals surface area contributed by atoms with Crippen molar-refractivity contribution in [2.24, 2.45) is 5.92 Å². The Morgan fingerprint density at radius 2 is 2.29 bits per heavy atom. The fourth-order valence-electron chi connectivity index (χ4n) is 1.74. The van der Waals surface area contributed by atoms with E-state index in [-0.39, 0.29) is 0 Å². The molecule has 1 aliphatic rings. The van der Waals surface area contributed by atoms with Gasteiger partial charge in [-0.1, -0.05) is 19.3 Å². The van der Waals surface area contributed by atoms with Crippen LogP contribution in [0.25, 0.3) is 0 Å². The van der Waals surface area contributed by atoms with Gasteiger partial charge < -0.3 is 5.32 Å². The van der Waals surface area contributed by atoms with Crippen LogP contribution in [0.3, 0.4) is 0 Å². The van der Waals surface area contributed by atoms with E-state index in [1.54, 1.807) is 6.33 Å². The molecule has 0 saturated heterocycles. The van der Waals surface area contributed by atoms with Gasteiger partial charge in [-0.15, -0.1) is 0 Å². The number of rotatable bonds is 4. The molecule has 0 amide bonds. The first-order valence-electron chi connectivity index (χ1n) is 5.37. The molecule has 0 aromatic carbocycles. The van der Waals surface area contributed by atoms with Crippen molar-refractivity contribution in [3.8, 4) is 0 Å². The topological polar surface area (TPSA) is 37.8 Å². The van der Waals surface area contributed by atoms with Crippen molar-refractivity contribution in [2.45, 2.75) is 32.6 Å². The summed E-state index contributed by atoms with van der Waals surface area (Å²) in [6.45, 7) is 3.03. The Balaban J connectivity index is 1.74. The van der Waals surface area contributed by atoms with Crippen LogP contribution in [-0.4, -0.2) is 16.5 Å². The minimum absolute atomic E-state index is 0.955. The monoisotopic (exact) mass is 191 g/mol. The fourth-order valence-corrected chi connectivity index (χ4v) is 1.74. The van der Waals surface area contributed by atoms with Crippen molar-refractivity contribution in [2.75, 3.05) is 11.9 Å². The van der Waals surface area contributed by atoms with Gasteiger partial charge in [0.2, 0.25) is 0 Å². The first-order valence-corrected chi connectivity index (χ1v) is 5.37. The molecule has 0 spiro atoms. The maximum absolute atomic E-state index is 4.16. The molecule has 3 nitrogen and oxygen atoms in total. The molecular formula is C11H17N3. The molecule has 14 heavy (non-hydrogen) atoms. The lowest BCUT2D eigenvalue weighted by atomic mass is 9.83. The highest BCUT2D eigenvalue weighted by Crippen LogP contribution is 2.28. The maximum atomic E-state index is 4.16. The van der Waals surface area contributed by atoms with Crippen LogP contribution >= 0.6 is 0 Å². The van der Waals surface area contributed by atoms with Gasteiger partial charge in [-0.05, 0) is 19.3 Å². The van der Waals surface area contributed by atoms with Crippen LogP contribution in [0.2, 0.25) is 0 Å². The second kappa shape index (κ2) is 4.40. The number of hydrogen-bond acceptors (Lipinski definition) is 3. The minimum atomic E-state index is 0.955. The smallest absolute Gasteiger partial charge is 0.129 e. The van der Waals surface area contributed by atoms with Crippen LogP contribution in [0, 0.1) is 12.8 Å². The molecule has 1 aliphatic carbocycles. The highest BCUT2D eigenvalue weighted by Gasteiger charge is 2.16. The molecule has 1 N–H and O–H groups in total. The third-order valence-corrected chi connectivity index (χ3v) is 2.89. The molecule has 0 atom stereocenters. The van der Waals surface area contributed by atoms with E-state index in [4.69, 9.17) is 0 Å². The zero-order chi connectivity index (χ0) is 9.80. The summed E-state index contributed by atoms with van der Waals surface area (Å²) in [4.78, 5) is 8.22. The number of aromatic nitrogens is 2. The summed E-state index contributed by atoms with van der Waals surface area (Å²) in [6.07, 6.45) is 7.16. The molecule has 76 valence electrons. The van der Waals surface area contributed by atoms with E-state index in [0.717, 1.165) is 24.0 Å².